The summed E-state index contributed by atoms with van der Waals surface area (Å²) < 4.78 is 0. The Morgan fingerprint density at radius 2 is 2.00 bits per heavy atom. The van der Waals surface area contributed by atoms with Gasteiger partial charge in [-0.3, -0.25) is 4.79 Å². The predicted octanol–water partition coefficient (Wildman–Crippen LogP) is 2.32. The number of hydrogen-bond donors (Lipinski definition) is 0. The van der Waals surface area contributed by atoms with Crippen LogP contribution in [0.4, 0.5) is 0 Å². The largest absolute Gasteiger partial charge is 0.287 e. The van der Waals surface area contributed by atoms with Gasteiger partial charge in [0, 0.05) is 11.8 Å². The molecule has 2 aromatic rings. The lowest BCUT2D eigenvalue weighted by molar-refractivity contribution is 0.103. The third kappa shape index (κ3) is 1.98. The Hall–Kier alpha value is -2.03. The molecule has 1 aromatic heterocycles. The summed E-state index contributed by atoms with van der Waals surface area (Å²) in [5, 5.41) is 0. The molecule has 3 nitrogen and oxygen atoms in total. The van der Waals surface area contributed by atoms with E-state index in [1.807, 2.05) is 32.0 Å². The van der Waals surface area contributed by atoms with Crippen molar-refractivity contribution in [1.82, 2.24) is 9.97 Å². The molecule has 0 bridgehead atoms. The van der Waals surface area contributed by atoms with Crippen LogP contribution in [0.3, 0.4) is 0 Å². The first-order valence-corrected chi connectivity index (χ1v) is 5.06. The number of aryl methyl sites for hydroxylation is 2. The van der Waals surface area contributed by atoms with E-state index in [-0.39, 0.29) is 5.78 Å². The fourth-order valence-corrected chi connectivity index (χ4v) is 1.63. The van der Waals surface area contributed by atoms with Crippen molar-refractivity contribution in [3.8, 4) is 0 Å². The van der Waals surface area contributed by atoms with Gasteiger partial charge >= 0.3 is 0 Å². The maximum absolute atomic E-state index is 12.1. The molecule has 3 heteroatoms. The first kappa shape index (κ1) is 10.5. The van der Waals surface area contributed by atoms with Crippen molar-refractivity contribution in [2.75, 3.05) is 0 Å². The van der Waals surface area contributed by atoms with Crippen LogP contribution in [0.1, 0.15) is 27.2 Å². The molecule has 0 spiro atoms. The van der Waals surface area contributed by atoms with Crippen molar-refractivity contribution in [2.24, 2.45) is 0 Å². The number of benzene rings is 1. The van der Waals surface area contributed by atoms with Crippen LogP contribution in [0, 0.1) is 13.8 Å². The second kappa shape index (κ2) is 4.23. The summed E-state index contributed by atoms with van der Waals surface area (Å²) in [6, 6.07) is 7.40. The lowest BCUT2D eigenvalue weighted by atomic mass is 10.0. The number of ketones is 1. The zero-order chi connectivity index (χ0) is 11.5. The minimum Gasteiger partial charge on any atom is -0.287 e. The molecule has 0 amide bonds. The molecule has 0 fully saturated rings. The van der Waals surface area contributed by atoms with Crippen molar-refractivity contribution in [3.63, 3.8) is 0 Å². The van der Waals surface area contributed by atoms with Gasteiger partial charge in [-0.05, 0) is 25.5 Å². The summed E-state index contributed by atoms with van der Waals surface area (Å²) in [6.45, 7) is 3.94. The zero-order valence-corrected chi connectivity index (χ0v) is 9.27. The molecule has 0 saturated carbocycles. The molecule has 1 heterocycles. The highest BCUT2D eigenvalue weighted by molar-refractivity contribution is 6.08. The molecule has 0 atom stereocenters. The average molecular weight is 212 g/mol. The molecular formula is C13H12N2O. The summed E-state index contributed by atoms with van der Waals surface area (Å²) in [6.07, 6.45) is 2.96. The van der Waals surface area contributed by atoms with E-state index in [2.05, 4.69) is 9.97 Å². The Morgan fingerprint density at radius 3 is 2.62 bits per heavy atom. The third-order valence-electron chi connectivity index (χ3n) is 2.44. The van der Waals surface area contributed by atoms with E-state index >= 15 is 0 Å². The molecular weight excluding hydrogens is 200 g/mol. The summed E-state index contributed by atoms with van der Waals surface area (Å²) >= 11 is 0. The average Bonchev–Trinajstić information content (AvgIpc) is 2.29. The van der Waals surface area contributed by atoms with E-state index < -0.39 is 0 Å². The first-order chi connectivity index (χ1) is 7.68. The summed E-state index contributed by atoms with van der Waals surface area (Å²) in [5.74, 6) is -0.0556. The fraction of sp³-hybridized carbons (Fsp3) is 0.154. The van der Waals surface area contributed by atoms with Crippen molar-refractivity contribution < 1.29 is 4.79 Å². The first-order valence-electron chi connectivity index (χ1n) is 5.06. The van der Waals surface area contributed by atoms with Crippen LogP contribution in [-0.4, -0.2) is 15.8 Å². The Morgan fingerprint density at radius 1 is 1.19 bits per heavy atom. The quantitative estimate of drug-likeness (QED) is 0.717. The van der Waals surface area contributed by atoms with Crippen LogP contribution in [-0.2, 0) is 0 Å². The Balaban J connectivity index is 2.42. The Bertz CT molecular complexity index is 521. The SMILES string of the molecule is Cc1ccc(C(=O)c2ccncn2)c(C)c1. The van der Waals surface area contributed by atoms with Crippen molar-refractivity contribution in [1.29, 1.82) is 0 Å². The molecule has 0 aliphatic rings. The molecule has 0 aliphatic carbocycles. The highest BCUT2D eigenvalue weighted by Gasteiger charge is 2.12. The minimum absolute atomic E-state index is 0.0556. The van der Waals surface area contributed by atoms with Crippen LogP contribution in [0.25, 0.3) is 0 Å². The van der Waals surface area contributed by atoms with Crippen LogP contribution < -0.4 is 0 Å². The van der Waals surface area contributed by atoms with Gasteiger partial charge in [0.2, 0.25) is 5.78 Å². The van der Waals surface area contributed by atoms with Crippen LogP contribution in [0.2, 0.25) is 0 Å². The minimum atomic E-state index is -0.0556. The molecule has 0 saturated heterocycles. The van der Waals surface area contributed by atoms with Crippen LogP contribution >= 0.6 is 0 Å². The van der Waals surface area contributed by atoms with Gasteiger partial charge in [-0.25, -0.2) is 9.97 Å². The molecule has 0 aliphatic heterocycles. The van der Waals surface area contributed by atoms with E-state index in [9.17, 15) is 4.79 Å². The normalized spacial score (nSPS) is 10.1. The number of rotatable bonds is 2. The number of carbonyl (C=O) groups excluding carboxylic acids is 1. The number of aromatic nitrogens is 2. The number of carbonyl (C=O) groups is 1. The molecule has 1 aromatic carbocycles. The Kier molecular flexibility index (Phi) is 2.77. The second-order valence-corrected chi connectivity index (χ2v) is 3.74. The molecule has 0 N–H and O–H groups in total. The van der Waals surface area contributed by atoms with Gasteiger partial charge < -0.3 is 0 Å². The van der Waals surface area contributed by atoms with E-state index in [1.54, 1.807) is 12.3 Å². The van der Waals surface area contributed by atoms with E-state index in [4.69, 9.17) is 0 Å². The van der Waals surface area contributed by atoms with Crippen molar-refractivity contribution in [2.45, 2.75) is 13.8 Å². The summed E-state index contributed by atoms with van der Waals surface area (Å²) in [4.78, 5) is 19.8. The van der Waals surface area contributed by atoms with Gasteiger partial charge in [-0.1, -0.05) is 23.8 Å². The predicted molar refractivity (Wildman–Crippen MR) is 61.4 cm³/mol. The maximum atomic E-state index is 12.1. The van der Waals surface area contributed by atoms with Gasteiger partial charge in [0.05, 0.1) is 0 Å². The fourth-order valence-electron chi connectivity index (χ4n) is 1.63. The Labute approximate surface area is 94.2 Å². The third-order valence-corrected chi connectivity index (χ3v) is 2.44. The van der Waals surface area contributed by atoms with Gasteiger partial charge in [0.25, 0.3) is 0 Å². The second-order valence-electron chi connectivity index (χ2n) is 3.74. The van der Waals surface area contributed by atoms with Gasteiger partial charge in [0.15, 0.2) is 0 Å². The van der Waals surface area contributed by atoms with E-state index in [0.717, 1.165) is 11.1 Å². The highest BCUT2D eigenvalue weighted by atomic mass is 16.1. The smallest absolute Gasteiger partial charge is 0.211 e. The summed E-state index contributed by atoms with van der Waals surface area (Å²) in [7, 11) is 0. The topological polar surface area (TPSA) is 42.9 Å². The van der Waals surface area contributed by atoms with Crippen molar-refractivity contribution in [3.05, 3.63) is 59.2 Å². The van der Waals surface area contributed by atoms with Crippen LogP contribution in [0.5, 0.6) is 0 Å². The molecule has 0 radical (unpaired) electrons. The molecule has 2 rings (SSSR count). The number of nitrogens with zero attached hydrogens (tertiary/aromatic N) is 2. The zero-order valence-electron chi connectivity index (χ0n) is 9.27. The monoisotopic (exact) mass is 212 g/mol. The van der Waals surface area contributed by atoms with E-state index in [0.29, 0.717) is 11.3 Å². The molecule has 0 unspecified atom stereocenters. The lowest BCUT2D eigenvalue weighted by Gasteiger charge is -2.04. The maximum Gasteiger partial charge on any atom is 0.211 e. The van der Waals surface area contributed by atoms with Gasteiger partial charge in [-0.15, -0.1) is 0 Å². The highest BCUT2D eigenvalue weighted by Crippen LogP contribution is 2.14. The van der Waals surface area contributed by atoms with Gasteiger partial charge in [-0.2, -0.15) is 0 Å². The van der Waals surface area contributed by atoms with E-state index in [1.165, 1.54) is 6.33 Å². The lowest BCUT2D eigenvalue weighted by Crippen LogP contribution is -2.06. The van der Waals surface area contributed by atoms with Crippen molar-refractivity contribution >= 4 is 5.78 Å². The van der Waals surface area contributed by atoms with Crippen LogP contribution in [0.15, 0.2) is 36.8 Å². The number of hydrogen-bond acceptors (Lipinski definition) is 3. The standard InChI is InChI=1S/C13H12N2O/c1-9-3-4-11(10(2)7-9)13(16)12-5-6-14-8-15-12/h3-8H,1-2H3. The molecule has 80 valence electrons. The summed E-state index contributed by atoms with van der Waals surface area (Å²) in [5.41, 5.74) is 3.26. The van der Waals surface area contributed by atoms with Gasteiger partial charge in [0.1, 0.15) is 12.0 Å². The molecule has 16 heavy (non-hydrogen) atoms.